The Labute approximate surface area is 164 Å². The minimum absolute atomic E-state index is 0.00997. The minimum Gasteiger partial charge on any atom is -0.351 e. The van der Waals surface area contributed by atoms with Crippen LogP contribution >= 0.6 is 0 Å². The molecule has 7 nitrogen and oxygen atoms in total. The summed E-state index contributed by atoms with van der Waals surface area (Å²) in [6.07, 6.45) is 0. The number of hydrogen-bond donors (Lipinski definition) is 1. The molecule has 0 saturated carbocycles. The molecule has 0 unspecified atom stereocenters. The second kappa shape index (κ2) is 6.58. The molecule has 2 aromatic heterocycles. The SMILES string of the molecule is Cc1nc2ccc(C(=O)N(C)C3CN(c4ccc(C(C)(C)C)nn4)C3)cc2[nH]1. The van der Waals surface area contributed by atoms with Crippen molar-refractivity contribution in [3.05, 3.63) is 47.4 Å². The predicted molar refractivity (Wildman–Crippen MR) is 110 cm³/mol. The molecule has 1 aromatic carbocycles. The molecule has 0 spiro atoms. The molecule has 7 heteroatoms. The highest BCUT2D eigenvalue weighted by Crippen LogP contribution is 2.25. The molecule has 1 aliphatic rings. The maximum Gasteiger partial charge on any atom is 0.254 e. The van der Waals surface area contributed by atoms with E-state index in [4.69, 9.17) is 0 Å². The zero-order valence-electron chi connectivity index (χ0n) is 17.0. The first-order valence-corrected chi connectivity index (χ1v) is 9.55. The molecule has 1 aliphatic heterocycles. The highest BCUT2D eigenvalue weighted by molar-refractivity contribution is 5.97. The summed E-state index contributed by atoms with van der Waals surface area (Å²) in [4.78, 5) is 24.4. The largest absolute Gasteiger partial charge is 0.351 e. The number of amides is 1. The van der Waals surface area contributed by atoms with Crippen LogP contribution in [0.25, 0.3) is 11.0 Å². The fourth-order valence-corrected chi connectivity index (χ4v) is 3.42. The third kappa shape index (κ3) is 3.32. The lowest BCUT2D eigenvalue weighted by molar-refractivity contribution is 0.0705. The van der Waals surface area contributed by atoms with Gasteiger partial charge in [0.2, 0.25) is 0 Å². The number of likely N-dealkylation sites (N-methyl/N-ethyl adjacent to an activating group) is 1. The van der Waals surface area contributed by atoms with Gasteiger partial charge in [-0.2, -0.15) is 5.10 Å². The first-order chi connectivity index (χ1) is 13.2. The van der Waals surface area contributed by atoms with E-state index in [9.17, 15) is 4.79 Å². The van der Waals surface area contributed by atoms with E-state index in [0.29, 0.717) is 5.56 Å². The molecule has 1 N–H and O–H groups in total. The van der Waals surface area contributed by atoms with Crippen LogP contribution in [0.5, 0.6) is 0 Å². The number of nitrogens with zero attached hydrogens (tertiary/aromatic N) is 5. The zero-order valence-corrected chi connectivity index (χ0v) is 17.0. The molecule has 0 aliphatic carbocycles. The molecule has 4 rings (SSSR count). The van der Waals surface area contributed by atoms with E-state index in [-0.39, 0.29) is 17.4 Å². The van der Waals surface area contributed by atoms with Gasteiger partial charge in [-0.15, -0.1) is 5.10 Å². The summed E-state index contributed by atoms with van der Waals surface area (Å²) in [5.74, 6) is 1.73. The third-order valence-corrected chi connectivity index (χ3v) is 5.32. The van der Waals surface area contributed by atoms with Crippen LogP contribution in [0.2, 0.25) is 0 Å². The van der Waals surface area contributed by atoms with Crippen molar-refractivity contribution >= 4 is 22.8 Å². The topological polar surface area (TPSA) is 78.0 Å². The Morgan fingerprint density at radius 1 is 1.18 bits per heavy atom. The zero-order chi connectivity index (χ0) is 20.1. The standard InChI is InChI=1S/C21H26N6O/c1-13-22-16-7-6-14(10-17(16)23-13)20(28)26(5)15-11-27(12-15)19-9-8-18(24-25-19)21(2,3)4/h6-10,15H,11-12H2,1-5H3,(H,22,23). The lowest BCUT2D eigenvalue weighted by Gasteiger charge is -2.44. The highest BCUT2D eigenvalue weighted by Gasteiger charge is 2.34. The number of hydrogen-bond acceptors (Lipinski definition) is 5. The molecule has 0 bridgehead atoms. The summed E-state index contributed by atoms with van der Waals surface area (Å²) < 4.78 is 0. The first kappa shape index (κ1) is 18.4. The molecular weight excluding hydrogens is 352 g/mol. The number of H-pyrrole nitrogens is 1. The van der Waals surface area contributed by atoms with E-state index in [1.165, 1.54) is 0 Å². The van der Waals surface area contributed by atoms with Crippen molar-refractivity contribution in [2.24, 2.45) is 0 Å². The number of rotatable bonds is 3. The van der Waals surface area contributed by atoms with Crippen LogP contribution in [-0.4, -0.2) is 57.2 Å². The molecule has 28 heavy (non-hydrogen) atoms. The monoisotopic (exact) mass is 378 g/mol. The quantitative estimate of drug-likeness (QED) is 0.758. The second-order valence-electron chi connectivity index (χ2n) is 8.56. The van der Waals surface area contributed by atoms with Gasteiger partial charge in [0.25, 0.3) is 5.91 Å². The molecular formula is C21H26N6O. The van der Waals surface area contributed by atoms with Gasteiger partial charge < -0.3 is 14.8 Å². The van der Waals surface area contributed by atoms with E-state index in [2.05, 4.69) is 45.8 Å². The predicted octanol–water partition coefficient (Wildman–Crippen LogP) is 2.92. The molecule has 3 aromatic rings. The van der Waals surface area contributed by atoms with E-state index in [0.717, 1.165) is 41.5 Å². The Balaban J connectivity index is 1.41. The molecule has 146 valence electrons. The molecule has 0 radical (unpaired) electrons. The number of benzene rings is 1. The van der Waals surface area contributed by atoms with Crippen LogP contribution < -0.4 is 4.90 Å². The van der Waals surface area contributed by atoms with Gasteiger partial charge in [0.05, 0.1) is 22.8 Å². The van der Waals surface area contributed by atoms with Crippen molar-refractivity contribution in [1.82, 2.24) is 25.1 Å². The van der Waals surface area contributed by atoms with Crippen LogP contribution in [0, 0.1) is 6.92 Å². The normalized spacial score (nSPS) is 15.0. The highest BCUT2D eigenvalue weighted by atomic mass is 16.2. The van der Waals surface area contributed by atoms with Gasteiger partial charge in [0.15, 0.2) is 5.82 Å². The number of carbonyl (C=O) groups excluding carboxylic acids is 1. The Hall–Kier alpha value is -2.96. The summed E-state index contributed by atoms with van der Waals surface area (Å²) >= 11 is 0. The Bertz CT molecular complexity index is 1010. The van der Waals surface area contributed by atoms with Gasteiger partial charge in [-0.1, -0.05) is 20.8 Å². The second-order valence-corrected chi connectivity index (χ2v) is 8.56. The fourth-order valence-electron chi connectivity index (χ4n) is 3.42. The third-order valence-electron chi connectivity index (χ3n) is 5.32. The van der Waals surface area contributed by atoms with Crippen molar-refractivity contribution in [3.63, 3.8) is 0 Å². The number of aryl methyl sites for hydroxylation is 1. The number of aromatic nitrogens is 4. The molecule has 1 amide bonds. The summed E-state index contributed by atoms with van der Waals surface area (Å²) in [5.41, 5.74) is 3.41. The van der Waals surface area contributed by atoms with E-state index in [1.54, 1.807) is 0 Å². The summed E-state index contributed by atoms with van der Waals surface area (Å²) in [6, 6.07) is 9.82. The summed E-state index contributed by atoms with van der Waals surface area (Å²) in [5, 5.41) is 8.72. The lowest BCUT2D eigenvalue weighted by atomic mass is 9.92. The number of fused-ring (bicyclic) bond motifs is 1. The minimum atomic E-state index is -0.00997. The van der Waals surface area contributed by atoms with Crippen LogP contribution in [0.1, 0.15) is 42.6 Å². The van der Waals surface area contributed by atoms with Crippen LogP contribution in [0.3, 0.4) is 0 Å². The maximum atomic E-state index is 12.9. The smallest absolute Gasteiger partial charge is 0.254 e. The van der Waals surface area contributed by atoms with Crippen molar-refractivity contribution in [1.29, 1.82) is 0 Å². The van der Waals surface area contributed by atoms with Crippen molar-refractivity contribution in [3.8, 4) is 0 Å². The van der Waals surface area contributed by atoms with E-state index < -0.39 is 0 Å². The van der Waals surface area contributed by atoms with Gasteiger partial charge in [-0.05, 0) is 37.3 Å². The van der Waals surface area contributed by atoms with Gasteiger partial charge in [0.1, 0.15) is 5.82 Å². The molecule has 1 saturated heterocycles. The average Bonchev–Trinajstić information content (AvgIpc) is 2.98. The number of carbonyl (C=O) groups is 1. The molecule has 0 atom stereocenters. The number of anilines is 1. The van der Waals surface area contributed by atoms with E-state index >= 15 is 0 Å². The van der Waals surface area contributed by atoms with Gasteiger partial charge in [-0.25, -0.2) is 4.98 Å². The van der Waals surface area contributed by atoms with Gasteiger partial charge in [-0.3, -0.25) is 4.79 Å². The summed E-state index contributed by atoms with van der Waals surface area (Å²) in [6.45, 7) is 9.80. The molecule has 1 fully saturated rings. The average molecular weight is 378 g/mol. The Kier molecular flexibility index (Phi) is 4.33. The van der Waals surface area contributed by atoms with Crippen LogP contribution in [-0.2, 0) is 5.41 Å². The van der Waals surface area contributed by atoms with Crippen molar-refractivity contribution in [2.45, 2.75) is 39.2 Å². The van der Waals surface area contributed by atoms with Crippen molar-refractivity contribution in [2.75, 3.05) is 25.0 Å². The van der Waals surface area contributed by atoms with Crippen LogP contribution in [0.4, 0.5) is 5.82 Å². The van der Waals surface area contributed by atoms with Gasteiger partial charge in [0, 0.05) is 31.1 Å². The Morgan fingerprint density at radius 3 is 2.57 bits per heavy atom. The fraction of sp³-hybridized carbons (Fsp3) is 0.429. The van der Waals surface area contributed by atoms with Crippen LogP contribution in [0.15, 0.2) is 30.3 Å². The first-order valence-electron chi connectivity index (χ1n) is 9.55. The Morgan fingerprint density at radius 2 is 1.93 bits per heavy atom. The maximum absolute atomic E-state index is 12.9. The van der Waals surface area contributed by atoms with Crippen molar-refractivity contribution < 1.29 is 4.79 Å². The van der Waals surface area contributed by atoms with Gasteiger partial charge >= 0.3 is 0 Å². The van der Waals surface area contributed by atoms with E-state index in [1.807, 2.05) is 49.2 Å². The lowest BCUT2D eigenvalue weighted by Crippen LogP contribution is -2.60. The number of imidazole rings is 1. The summed E-state index contributed by atoms with van der Waals surface area (Å²) in [7, 11) is 1.86. The molecule has 3 heterocycles. The number of aromatic amines is 1. The number of nitrogens with one attached hydrogen (secondary N) is 1.